The van der Waals surface area contributed by atoms with E-state index < -0.39 is 0 Å². The summed E-state index contributed by atoms with van der Waals surface area (Å²) in [6.07, 6.45) is 1.67. The van der Waals surface area contributed by atoms with Crippen LogP contribution in [0, 0.1) is 5.82 Å². The molecule has 0 aliphatic heterocycles. The van der Waals surface area contributed by atoms with Crippen molar-refractivity contribution in [3.63, 3.8) is 0 Å². The molecule has 0 bridgehead atoms. The molecule has 0 aliphatic carbocycles. The van der Waals surface area contributed by atoms with E-state index in [4.69, 9.17) is 4.74 Å². The Morgan fingerprint density at radius 1 is 1.29 bits per heavy atom. The number of aromatic nitrogens is 1. The second kappa shape index (κ2) is 7.33. The average molecular weight is 418 g/mol. The predicted molar refractivity (Wildman–Crippen MR) is 88.1 cm³/mol. The Morgan fingerprint density at radius 3 is 2.71 bits per heavy atom. The standard InChI is InChI=1S/C15H15Br2FN2O/c1-9(2)19-7-10-5-11(16)8-20-15(10)21-12-3-4-14(18)13(17)6-12/h3-6,8-9,19H,7H2,1-2H3. The van der Waals surface area contributed by atoms with Gasteiger partial charge in [-0.2, -0.15) is 0 Å². The van der Waals surface area contributed by atoms with Crippen molar-refractivity contribution in [1.29, 1.82) is 0 Å². The molecule has 0 spiro atoms. The van der Waals surface area contributed by atoms with E-state index in [0.717, 1.165) is 10.0 Å². The Morgan fingerprint density at radius 2 is 2.05 bits per heavy atom. The molecule has 0 unspecified atom stereocenters. The summed E-state index contributed by atoms with van der Waals surface area (Å²) in [5.41, 5.74) is 0.929. The van der Waals surface area contributed by atoms with Gasteiger partial charge in [0.1, 0.15) is 11.6 Å². The Labute approximate surface area is 140 Å². The summed E-state index contributed by atoms with van der Waals surface area (Å²) in [4.78, 5) is 4.29. The number of benzene rings is 1. The van der Waals surface area contributed by atoms with Gasteiger partial charge in [-0.1, -0.05) is 13.8 Å². The third-order valence-electron chi connectivity index (χ3n) is 2.70. The highest BCUT2D eigenvalue weighted by Gasteiger charge is 2.10. The monoisotopic (exact) mass is 416 g/mol. The quantitative estimate of drug-likeness (QED) is 0.740. The van der Waals surface area contributed by atoms with Crippen molar-refractivity contribution >= 4 is 31.9 Å². The van der Waals surface area contributed by atoms with E-state index in [1.54, 1.807) is 18.3 Å². The maximum Gasteiger partial charge on any atom is 0.223 e. The fraction of sp³-hybridized carbons (Fsp3) is 0.267. The summed E-state index contributed by atoms with van der Waals surface area (Å²) in [7, 11) is 0. The van der Waals surface area contributed by atoms with Gasteiger partial charge in [-0.05, 0) is 56.1 Å². The second-order valence-corrected chi connectivity index (χ2v) is 6.60. The summed E-state index contributed by atoms with van der Waals surface area (Å²) < 4.78 is 20.3. The molecule has 3 nitrogen and oxygen atoms in total. The highest BCUT2D eigenvalue weighted by molar-refractivity contribution is 9.10. The first-order valence-corrected chi connectivity index (χ1v) is 8.05. The molecule has 0 atom stereocenters. The van der Waals surface area contributed by atoms with Gasteiger partial charge in [0.15, 0.2) is 0 Å². The summed E-state index contributed by atoms with van der Waals surface area (Å²) in [5.74, 6) is 0.710. The van der Waals surface area contributed by atoms with Gasteiger partial charge in [0.25, 0.3) is 0 Å². The third-order valence-corrected chi connectivity index (χ3v) is 3.74. The average Bonchev–Trinajstić information content (AvgIpc) is 2.43. The zero-order valence-electron chi connectivity index (χ0n) is 11.7. The van der Waals surface area contributed by atoms with Crippen LogP contribution in [0.2, 0.25) is 0 Å². The Kier molecular flexibility index (Phi) is 5.72. The molecule has 6 heteroatoms. The molecule has 0 radical (unpaired) electrons. The van der Waals surface area contributed by atoms with Crippen LogP contribution in [0.15, 0.2) is 39.4 Å². The fourth-order valence-electron chi connectivity index (χ4n) is 1.65. The van der Waals surface area contributed by atoms with E-state index in [0.29, 0.717) is 28.7 Å². The van der Waals surface area contributed by atoms with Crippen molar-refractivity contribution in [2.75, 3.05) is 0 Å². The smallest absolute Gasteiger partial charge is 0.223 e. The van der Waals surface area contributed by atoms with Crippen LogP contribution >= 0.6 is 31.9 Å². The molecule has 0 saturated carbocycles. The Balaban J connectivity index is 2.23. The lowest BCUT2D eigenvalue weighted by Crippen LogP contribution is -2.22. The molecule has 0 saturated heterocycles. The van der Waals surface area contributed by atoms with Gasteiger partial charge in [-0.25, -0.2) is 9.37 Å². The highest BCUT2D eigenvalue weighted by atomic mass is 79.9. The van der Waals surface area contributed by atoms with E-state index in [1.807, 2.05) is 6.07 Å². The lowest BCUT2D eigenvalue weighted by molar-refractivity contribution is 0.448. The molecule has 1 heterocycles. The first kappa shape index (κ1) is 16.4. The number of hydrogen-bond acceptors (Lipinski definition) is 3. The summed E-state index contributed by atoms with van der Waals surface area (Å²) >= 11 is 6.55. The molecule has 1 N–H and O–H groups in total. The maximum atomic E-state index is 13.2. The fourth-order valence-corrected chi connectivity index (χ4v) is 2.39. The van der Waals surface area contributed by atoms with Gasteiger partial charge >= 0.3 is 0 Å². The molecule has 0 amide bonds. The normalized spacial score (nSPS) is 11.0. The van der Waals surface area contributed by atoms with E-state index in [1.165, 1.54) is 6.07 Å². The number of halogens is 3. The van der Waals surface area contributed by atoms with Gasteiger partial charge < -0.3 is 10.1 Å². The molecule has 21 heavy (non-hydrogen) atoms. The van der Waals surface area contributed by atoms with Crippen LogP contribution in [-0.2, 0) is 6.54 Å². The molecular formula is C15H15Br2FN2O. The van der Waals surface area contributed by atoms with Gasteiger partial charge in [-0.3, -0.25) is 0 Å². The minimum atomic E-state index is -0.326. The Bertz CT molecular complexity index is 635. The number of ether oxygens (including phenoxy) is 1. The summed E-state index contributed by atoms with van der Waals surface area (Å²) in [6.45, 7) is 4.79. The van der Waals surface area contributed by atoms with Crippen molar-refractivity contribution in [3.8, 4) is 11.6 Å². The van der Waals surface area contributed by atoms with Crippen LogP contribution in [-0.4, -0.2) is 11.0 Å². The molecule has 1 aromatic heterocycles. The predicted octanol–water partition coefficient (Wildman–Crippen LogP) is 5.04. The van der Waals surface area contributed by atoms with Gasteiger partial charge in [0.2, 0.25) is 5.88 Å². The topological polar surface area (TPSA) is 34.2 Å². The third kappa shape index (κ3) is 4.76. The number of nitrogens with zero attached hydrogens (tertiary/aromatic N) is 1. The van der Waals surface area contributed by atoms with Crippen molar-refractivity contribution in [2.45, 2.75) is 26.4 Å². The molecule has 0 fully saturated rings. The largest absolute Gasteiger partial charge is 0.439 e. The molecule has 0 aliphatic rings. The molecule has 112 valence electrons. The summed E-state index contributed by atoms with van der Waals surface area (Å²) in [5, 5.41) is 3.33. The van der Waals surface area contributed by atoms with E-state index in [-0.39, 0.29) is 5.82 Å². The molecule has 2 aromatic rings. The minimum absolute atomic E-state index is 0.326. The van der Waals surface area contributed by atoms with E-state index in [2.05, 4.69) is 56.0 Å². The zero-order chi connectivity index (χ0) is 15.4. The second-order valence-electron chi connectivity index (χ2n) is 4.83. The van der Waals surface area contributed by atoms with Crippen LogP contribution in [0.1, 0.15) is 19.4 Å². The summed E-state index contributed by atoms with van der Waals surface area (Å²) in [6, 6.07) is 6.82. The van der Waals surface area contributed by atoms with Crippen LogP contribution < -0.4 is 10.1 Å². The number of pyridine rings is 1. The lowest BCUT2D eigenvalue weighted by atomic mass is 10.2. The van der Waals surface area contributed by atoms with Crippen LogP contribution in [0.25, 0.3) is 0 Å². The number of nitrogens with one attached hydrogen (secondary N) is 1. The van der Waals surface area contributed by atoms with Crippen LogP contribution in [0.4, 0.5) is 4.39 Å². The van der Waals surface area contributed by atoms with Crippen LogP contribution in [0.5, 0.6) is 11.6 Å². The van der Waals surface area contributed by atoms with Crippen LogP contribution in [0.3, 0.4) is 0 Å². The molecule has 2 rings (SSSR count). The van der Waals surface area contributed by atoms with Gasteiger partial charge in [0, 0.05) is 28.8 Å². The maximum absolute atomic E-state index is 13.2. The Hall–Kier alpha value is -0.980. The molecular weight excluding hydrogens is 403 g/mol. The van der Waals surface area contributed by atoms with Gasteiger partial charge in [-0.15, -0.1) is 0 Å². The van der Waals surface area contributed by atoms with Crippen molar-refractivity contribution < 1.29 is 9.13 Å². The van der Waals surface area contributed by atoms with Crippen molar-refractivity contribution in [1.82, 2.24) is 10.3 Å². The van der Waals surface area contributed by atoms with Crippen molar-refractivity contribution in [2.24, 2.45) is 0 Å². The SMILES string of the molecule is CC(C)NCc1cc(Br)cnc1Oc1ccc(F)c(Br)c1. The van der Waals surface area contributed by atoms with Gasteiger partial charge in [0.05, 0.1) is 4.47 Å². The van der Waals surface area contributed by atoms with Crippen molar-refractivity contribution in [3.05, 3.63) is 50.8 Å². The first-order chi connectivity index (χ1) is 9.95. The highest BCUT2D eigenvalue weighted by Crippen LogP contribution is 2.28. The van der Waals surface area contributed by atoms with E-state index in [9.17, 15) is 4.39 Å². The zero-order valence-corrected chi connectivity index (χ0v) is 14.8. The number of rotatable bonds is 5. The molecule has 1 aromatic carbocycles. The lowest BCUT2D eigenvalue weighted by Gasteiger charge is -2.13. The minimum Gasteiger partial charge on any atom is -0.439 e. The van der Waals surface area contributed by atoms with E-state index >= 15 is 0 Å². The number of hydrogen-bond donors (Lipinski definition) is 1. The first-order valence-electron chi connectivity index (χ1n) is 6.46.